The highest BCUT2D eigenvalue weighted by molar-refractivity contribution is 7.90. The van der Waals surface area contributed by atoms with E-state index in [0.717, 1.165) is 41.1 Å². The van der Waals surface area contributed by atoms with Gasteiger partial charge in [-0.15, -0.1) is 0 Å². The predicted octanol–water partition coefficient (Wildman–Crippen LogP) is 3.40. The van der Waals surface area contributed by atoms with Gasteiger partial charge in [-0.1, -0.05) is 54.8 Å². The molecule has 1 fully saturated rings. The number of amides is 3. The first-order valence-corrected chi connectivity index (χ1v) is 13.9. The Bertz CT molecular complexity index is 1240. The number of hydrogen-bond acceptors (Lipinski definition) is 5. The fourth-order valence-corrected chi connectivity index (χ4v) is 6.44. The maximum atomic E-state index is 13.3. The SMILES string of the molecule is Cc1ccc(CN(C(=O)CCCN2C(=O)c3ccccc3S2(=O)=O)C(C)C(=O)NC2CCCC2)cc1. The number of aryl methyl sites for hydroxylation is 1. The first-order chi connectivity index (χ1) is 17.2. The Kier molecular flexibility index (Phi) is 7.78. The molecule has 8 nitrogen and oxygen atoms in total. The van der Waals surface area contributed by atoms with E-state index in [9.17, 15) is 22.8 Å². The molecule has 1 heterocycles. The van der Waals surface area contributed by atoms with E-state index < -0.39 is 22.0 Å². The molecule has 4 rings (SSSR count). The van der Waals surface area contributed by atoms with Gasteiger partial charge in [-0.25, -0.2) is 12.7 Å². The van der Waals surface area contributed by atoms with Crippen molar-refractivity contribution in [3.63, 3.8) is 0 Å². The summed E-state index contributed by atoms with van der Waals surface area (Å²) in [5, 5.41) is 3.07. The summed E-state index contributed by atoms with van der Waals surface area (Å²) in [7, 11) is -3.91. The largest absolute Gasteiger partial charge is 0.352 e. The molecule has 2 aromatic rings. The molecule has 1 N–H and O–H groups in total. The molecule has 36 heavy (non-hydrogen) atoms. The molecule has 2 aliphatic rings. The molecule has 1 aliphatic carbocycles. The van der Waals surface area contributed by atoms with Gasteiger partial charge < -0.3 is 10.2 Å². The quantitative estimate of drug-likeness (QED) is 0.556. The number of hydrogen-bond donors (Lipinski definition) is 1. The maximum Gasteiger partial charge on any atom is 0.269 e. The lowest BCUT2D eigenvalue weighted by Gasteiger charge is -2.30. The Balaban J connectivity index is 1.43. The van der Waals surface area contributed by atoms with E-state index in [4.69, 9.17) is 0 Å². The lowest BCUT2D eigenvalue weighted by Crippen LogP contribution is -2.49. The van der Waals surface area contributed by atoms with E-state index in [2.05, 4.69) is 5.32 Å². The van der Waals surface area contributed by atoms with Gasteiger partial charge in [0.1, 0.15) is 10.9 Å². The zero-order valence-electron chi connectivity index (χ0n) is 20.8. The minimum atomic E-state index is -3.91. The highest BCUT2D eigenvalue weighted by Gasteiger charge is 2.40. The van der Waals surface area contributed by atoms with Crippen molar-refractivity contribution in [3.8, 4) is 0 Å². The van der Waals surface area contributed by atoms with E-state index in [0.29, 0.717) is 0 Å². The number of benzene rings is 2. The molecular formula is C27H33N3O5S. The van der Waals surface area contributed by atoms with Crippen molar-refractivity contribution in [3.05, 3.63) is 65.2 Å². The van der Waals surface area contributed by atoms with Crippen LogP contribution in [0.25, 0.3) is 0 Å². The summed E-state index contributed by atoms with van der Waals surface area (Å²) in [5.74, 6) is -1.01. The molecule has 1 unspecified atom stereocenters. The fraction of sp³-hybridized carbons (Fsp3) is 0.444. The zero-order chi connectivity index (χ0) is 25.9. The Hall–Kier alpha value is -3.20. The molecule has 1 aliphatic heterocycles. The van der Waals surface area contributed by atoms with Gasteiger partial charge in [0.25, 0.3) is 15.9 Å². The predicted molar refractivity (Wildman–Crippen MR) is 135 cm³/mol. The summed E-state index contributed by atoms with van der Waals surface area (Å²) in [5.41, 5.74) is 2.16. The topological polar surface area (TPSA) is 104 Å². The summed E-state index contributed by atoms with van der Waals surface area (Å²) in [6.45, 7) is 3.88. The Morgan fingerprint density at radius 3 is 2.42 bits per heavy atom. The number of carbonyl (C=O) groups excluding carboxylic acids is 3. The van der Waals surface area contributed by atoms with Crippen molar-refractivity contribution >= 4 is 27.7 Å². The van der Waals surface area contributed by atoms with Crippen molar-refractivity contribution in [2.24, 2.45) is 0 Å². The third-order valence-electron chi connectivity index (χ3n) is 7.01. The van der Waals surface area contributed by atoms with Crippen molar-refractivity contribution in [2.75, 3.05) is 6.54 Å². The Morgan fingerprint density at radius 2 is 1.75 bits per heavy atom. The van der Waals surface area contributed by atoms with Gasteiger partial charge in [-0.2, -0.15) is 0 Å². The van der Waals surface area contributed by atoms with Crippen LogP contribution in [-0.4, -0.2) is 54.0 Å². The fourth-order valence-electron chi connectivity index (χ4n) is 4.83. The van der Waals surface area contributed by atoms with Crippen molar-refractivity contribution in [2.45, 2.75) is 75.9 Å². The molecule has 0 aromatic heterocycles. The van der Waals surface area contributed by atoms with Gasteiger partial charge in [0.15, 0.2) is 0 Å². The summed E-state index contributed by atoms with van der Waals surface area (Å²) in [6, 6.07) is 13.4. The highest BCUT2D eigenvalue weighted by atomic mass is 32.2. The van der Waals surface area contributed by atoms with E-state index in [1.165, 1.54) is 12.1 Å². The molecule has 0 bridgehead atoms. The van der Waals surface area contributed by atoms with Crippen molar-refractivity contribution < 1.29 is 22.8 Å². The summed E-state index contributed by atoms with van der Waals surface area (Å²) < 4.78 is 26.4. The Labute approximate surface area is 212 Å². The van der Waals surface area contributed by atoms with Crippen LogP contribution >= 0.6 is 0 Å². The number of rotatable bonds is 9. The molecule has 192 valence electrons. The van der Waals surface area contributed by atoms with Crippen molar-refractivity contribution in [1.82, 2.24) is 14.5 Å². The Morgan fingerprint density at radius 1 is 1.08 bits per heavy atom. The first-order valence-electron chi connectivity index (χ1n) is 12.5. The summed E-state index contributed by atoms with van der Waals surface area (Å²) >= 11 is 0. The van der Waals surface area contributed by atoms with Gasteiger partial charge in [0.05, 0.1) is 5.56 Å². The van der Waals surface area contributed by atoms with Crippen molar-refractivity contribution in [1.29, 1.82) is 0 Å². The monoisotopic (exact) mass is 511 g/mol. The van der Waals surface area contributed by atoms with E-state index in [-0.39, 0.29) is 54.2 Å². The zero-order valence-corrected chi connectivity index (χ0v) is 21.6. The molecule has 9 heteroatoms. The number of carbonyl (C=O) groups is 3. The smallest absolute Gasteiger partial charge is 0.269 e. The molecule has 1 atom stereocenters. The summed E-state index contributed by atoms with van der Waals surface area (Å²) in [4.78, 5) is 40.5. The van der Waals surface area contributed by atoms with Crippen LogP contribution in [0, 0.1) is 6.92 Å². The van der Waals surface area contributed by atoms with Gasteiger partial charge >= 0.3 is 0 Å². The number of nitrogens with zero attached hydrogens (tertiary/aromatic N) is 2. The van der Waals surface area contributed by atoms with E-state index >= 15 is 0 Å². The molecule has 3 amide bonds. The van der Waals surface area contributed by atoms with E-state index in [1.54, 1.807) is 24.0 Å². The van der Waals surface area contributed by atoms with Gasteiger partial charge in [-0.3, -0.25) is 14.4 Å². The molecule has 2 aromatic carbocycles. The molecule has 0 saturated heterocycles. The number of sulfonamides is 1. The second-order valence-electron chi connectivity index (χ2n) is 9.66. The van der Waals surface area contributed by atoms with Gasteiger partial charge in [0.2, 0.25) is 11.8 Å². The van der Waals surface area contributed by atoms with Crippen LogP contribution in [0.15, 0.2) is 53.4 Å². The average molecular weight is 512 g/mol. The van der Waals surface area contributed by atoms with Crippen LogP contribution < -0.4 is 5.32 Å². The van der Waals surface area contributed by atoms with Crippen LogP contribution in [0.1, 0.15) is 66.9 Å². The van der Waals surface area contributed by atoms with E-state index in [1.807, 2.05) is 31.2 Å². The van der Waals surface area contributed by atoms with Crippen LogP contribution in [0.3, 0.4) is 0 Å². The molecular weight excluding hydrogens is 478 g/mol. The minimum absolute atomic E-state index is 0.000435. The second-order valence-corrected chi connectivity index (χ2v) is 11.5. The third-order valence-corrected chi connectivity index (χ3v) is 8.85. The third kappa shape index (κ3) is 5.46. The lowest BCUT2D eigenvalue weighted by molar-refractivity contribution is -0.141. The standard InChI is InChI=1S/C27H33N3O5S/c1-19-13-15-21(16-14-19)18-29(20(2)26(32)28-22-8-3-4-9-22)25(31)12-7-17-30-27(33)23-10-5-6-11-24(23)36(30,34)35/h5-6,10-11,13-16,20,22H,3-4,7-9,12,17-18H2,1-2H3,(H,28,32). The molecule has 1 saturated carbocycles. The molecule has 0 spiro atoms. The van der Waals surface area contributed by atoms with Crippen LogP contribution in [-0.2, 0) is 26.2 Å². The lowest BCUT2D eigenvalue weighted by atomic mass is 10.1. The highest BCUT2D eigenvalue weighted by Crippen LogP contribution is 2.30. The number of nitrogens with one attached hydrogen (secondary N) is 1. The maximum absolute atomic E-state index is 13.3. The van der Waals surface area contributed by atoms with Crippen LogP contribution in [0.4, 0.5) is 0 Å². The average Bonchev–Trinajstić information content (AvgIpc) is 3.44. The van der Waals surface area contributed by atoms with Gasteiger partial charge in [0, 0.05) is 25.6 Å². The van der Waals surface area contributed by atoms with Crippen LogP contribution in [0.5, 0.6) is 0 Å². The van der Waals surface area contributed by atoms with Gasteiger partial charge in [-0.05, 0) is 50.8 Å². The summed E-state index contributed by atoms with van der Waals surface area (Å²) in [6.07, 6.45) is 4.26. The normalized spacial score (nSPS) is 17.6. The van der Waals surface area contributed by atoms with Crippen LogP contribution in [0.2, 0.25) is 0 Å². The second kappa shape index (κ2) is 10.8. The minimum Gasteiger partial charge on any atom is -0.352 e. The molecule has 0 radical (unpaired) electrons. The first kappa shape index (κ1) is 25.9. The number of fused-ring (bicyclic) bond motifs is 1.